The molecule has 1 aromatic carbocycles. The number of hydrogen-bond acceptors (Lipinski definition) is 5. The minimum atomic E-state index is -0.638. The molecule has 0 unspecified atom stereocenters. The van der Waals surface area contributed by atoms with Crippen LogP contribution in [0.3, 0.4) is 0 Å². The molecule has 0 heterocycles. The van der Waals surface area contributed by atoms with Gasteiger partial charge in [-0.15, -0.1) is 12.6 Å². The molecule has 0 aliphatic rings. The van der Waals surface area contributed by atoms with Crippen LogP contribution in [0.4, 0.5) is 5.69 Å². The first kappa shape index (κ1) is 10.3. The molecule has 0 amide bonds. The van der Waals surface area contributed by atoms with Crippen LogP contribution in [0.15, 0.2) is 17.0 Å². The Morgan fingerprint density at radius 1 is 1.64 bits per heavy atom. The van der Waals surface area contributed by atoms with Crippen molar-refractivity contribution >= 4 is 18.3 Å². The average Bonchev–Trinajstić information content (AvgIpc) is 2.16. The van der Waals surface area contributed by atoms with Gasteiger partial charge in [0.2, 0.25) is 0 Å². The first-order valence-corrected chi connectivity index (χ1v) is 4.00. The number of thiol groups is 1. The summed E-state index contributed by atoms with van der Waals surface area (Å²) < 4.78 is 4.83. The van der Waals surface area contributed by atoms with Crippen LogP contribution in [-0.4, -0.2) is 12.0 Å². The summed E-state index contributed by atoms with van der Waals surface area (Å²) in [4.78, 5) is 10.3. The van der Waals surface area contributed by atoms with Crippen molar-refractivity contribution in [3.05, 3.63) is 27.8 Å². The van der Waals surface area contributed by atoms with Gasteiger partial charge in [-0.3, -0.25) is 10.1 Å². The van der Waals surface area contributed by atoms with Gasteiger partial charge in [0, 0.05) is 11.0 Å². The maximum Gasteiger partial charge on any atom is 0.292 e. The predicted octanol–water partition coefficient (Wildman–Crippen LogP) is 1.76. The van der Waals surface area contributed by atoms with Gasteiger partial charge < -0.3 is 4.74 Å². The number of rotatable bonds is 2. The second-order valence-electron chi connectivity index (χ2n) is 2.41. The molecule has 1 aromatic rings. The number of methoxy groups -OCH3 is 1. The van der Waals surface area contributed by atoms with Crippen molar-refractivity contribution in [2.45, 2.75) is 4.90 Å². The highest BCUT2D eigenvalue weighted by molar-refractivity contribution is 7.80. The van der Waals surface area contributed by atoms with E-state index in [9.17, 15) is 10.1 Å². The number of ether oxygens (including phenoxy) is 1. The zero-order valence-electron chi connectivity index (χ0n) is 7.22. The fourth-order valence-electron chi connectivity index (χ4n) is 1.00. The van der Waals surface area contributed by atoms with E-state index < -0.39 is 4.92 Å². The van der Waals surface area contributed by atoms with Crippen LogP contribution >= 0.6 is 12.6 Å². The molecule has 0 bridgehead atoms. The van der Waals surface area contributed by atoms with Gasteiger partial charge in [-0.25, -0.2) is 0 Å². The maximum atomic E-state index is 10.6. The van der Waals surface area contributed by atoms with Crippen LogP contribution in [0, 0.1) is 21.4 Å². The second kappa shape index (κ2) is 3.98. The Bertz CT molecular complexity index is 425. The van der Waals surface area contributed by atoms with Gasteiger partial charge in [-0.05, 0) is 6.07 Å². The van der Waals surface area contributed by atoms with Crippen molar-refractivity contribution in [1.29, 1.82) is 5.26 Å². The van der Waals surface area contributed by atoms with E-state index in [0.717, 1.165) is 0 Å². The van der Waals surface area contributed by atoms with Gasteiger partial charge in [-0.1, -0.05) is 0 Å². The number of nitro benzene ring substituents is 1. The number of hydrogen-bond donors (Lipinski definition) is 1. The highest BCUT2D eigenvalue weighted by atomic mass is 32.1. The topological polar surface area (TPSA) is 76.2 Å². The Hall–Kier alpha value is -1.74. The van der Waals surface area contributed by atoms with Crippen molar-refractivity contribution < 1.29 is 9.66 Å². The lowest BCUT2D eigenvalue weighted by Crippen LogP contribution is -1.96. The third-order valence-corrected chi connectivity index (χ3v) is 1.85. The summed E-state index contributed by atoms with van der Waals surface area (Å²) in [7, 11) is 1.34. The Morgan fingerprint density at radius 3 is 2.71 bits per heavy atom. The average molecular weight is 210 g/mol. The molecule has 72 valence electrons. The lowest BCUT2D eigenvalue weighted by Gasteiger charge is -2.03. The molecule has 5 nitrogen and oxygen atoms in total. The first-order valence-electron chi connectivity index (χ1n) is 3.55. The van der Waals surface area contributed by atoms with E-state index in [1.165, 1.54) is 19.2 Å². The number of nitro groups is 1. The van der Waals surface area contributed by atoms with E-state index in [1.54, 1.807) is 6.07 Å². The van der Waals surface area contributed by atoms with E-state index in [2.05, 4.69) is 12.6 Å². The lowest BCUT2D eigenvalue weighted by molar-refractivity contribution is -0.385. The molecule has 0 aromatic heterocycles. The van der Waals surface area contributed by atoms with Crippen LogP contribution < -0.4 is 4.74 Å². The highest BCUT2D eigenvalue weighted by Gasteiger charge is 2.19. The van der Waals surface area contributed by atoms with E-state index in [-0.39, 0.29) is 17.0 Å². The summed E-state index contributed by atoms with van der Waals surface area (Å²) in [6.07, 6.45) is 0. The maximum absolute atomic E-state index is 10.6. The third-order valence-electron chi connectivity index (χ3n) is 1.59. The van der Waals surface area contributed by atoms with E-state index in [0.29, 0.717) is 4.90 Å². The van der Waals surface area contributed by atoms with Crippen LogP contribution in [0.1, 0.15) is 5.56 Å². The molecule has 0 saturated carbocycles. The molecule has 0 fully saturated rings. The molecular formula is C8H6N2O3S. The summed E-state index contributed by atoms with van der Waals surface area (Å²) in [6, 6.07) is 4.39. The van der Waals surface area contributed by atoms with Crippen molar-refractivity contribution in [1.82, 2.24) is 0 Å². The molecule has 0 aliphatic carbocycles. The summed E-state index contributed by atoms with van der Waals surface area (Å²) in [5.41, 5.74) is -0.382. The SMILES string of the molecule is COc1cc(S)cc([N+](=O)[O-])c1C#N. The van der Waals surface area contributed by atoms with Gasteiger partial charge in [0.25, 0.3) is 5.69 Å². The molecule has 0 N–H and O–H groups in total. The van der Waals surface area contributed by atoms with E-state index in [4.69, 9.17) is 10.00 Å². The molecule has 14 heavy (non-hydrogen) atoms. The summed E-state index contributed by atoms with van der Waals surface area (Å²) in [5.74, 6) is 0.159. The number of nitrogens with zero attached hydrogens (tertiary/aromatic N) is 2. The normalized spacial score (nSPS) is 9.21. The van der Waals surface area contributed by atoms with Gasteiger partial charge in [0.05, 0.1) is 12.0 Å². The zero-order valence-corrected chi connectivity index (χ0v) is 8.12. The van der Waals surface area contributed by atoms with Crippen LogP contribution in [0.2, 0.25) is 0 Å². The molecule has 0 saturated heterocycles. The van der Waals surface area contributed by atoms with Crippen LogP contribution in [0.5, 0.6) is 5.75 Å². The van der Waals surface area contributed by atoms with E-state index in [1.807, 2.05) is 0 Å². The summed E-state index contributed by atoms with van der Waals surface area (Å²) in [6.45, 7) is 0. The van der Waals surface area contributed by atoms with Crippen molar-refractivity contribution in [2.75, 3.05) is 7.11 Å². The molecule has 0 spiro atoms. The highest BCUT2D eigenvalue weighted by Crippen LogP contribution is 2.30. The van der Waals surface area contributed by atoms with E-state index >= 15 is 0 Å². The third kappa shape index (κ3) is 1.78. The van der Waals surface area contributed by atoms with Crippen LogP contribution in [-0.2, 0) is 0 Å². The minimum absolute atomic E-state index is 0.0877. The van der Waals surface area contributed by atoms with Crippen molar-refractivity contribution in [3.8, 4) is 11.8 Å². The molecule has 0 aliphatic heterocycles. The second-order valence-corrected chi connectivity index (χ2v) is 2.93. The molecule has 0 radical (unpaired) electrons. The Morgan fingerprint density at radius 2 is 2.29 bits per heavy atom. The Kier molecular flexibility index (Phi) is 2.94. The van der Waals surface area contributed by atoms with Crippen LogP contribution in [0.25, 0.3) is 0 Å². The molecule has 6 heteroatoms. The van der Waals surface area contributed by atoms with Gasteiger partial charge in [-0.2, -0.15) is 5.26 Å². The summed E-state index contributed by atoms with van der Waals surface area (Å²) >= 11 is 3.96. The predicted molar refractivity (Wildman–Crippen MR) is 51.6 cm³/mol. The van der Waals surface area contributed by atoms with Gasteiger partial charge in [0.1, 0.15) is 11.8 Å². The number of nitriles is 1. The molecular weight excluding hydrogens is 204 g/mol. The zero-order chi connectivity index (χ0) is 10.7. The Labute approximate surface area is 85.5 Å². The van der Waals surface area contributed by atoms with Gasteiger partial charge in [0.15, 0.2) is 5.56 Å². The monoisotopic (exact) mass is 210 g/mol. The number of benzene rings is 1. The smallest absolute Gasteiger partial charge is 0.292 e. The minimum Gasteiger partial charge on any atom is -0.495 e. The molecule has 1 rings (SSSR count). The fourth-order valence-corrected chi connectivity index (χ4v) is 1.24. The summed E-state index contributed by atoms with van der Waals surface area (Å²) in [5, 5.41) is 19.3. The standard InChI is InChI=1S/C8H6N2O3S/c1-13-8-3-5(14)2-7(10(11)12)6(8)4-9/h2-3,14H,1H3. The first-order chi connectivity index (χ1) is 6.60. The van der Waals surface area contributed by atoms with Crippen molar-refractivity contribution in [2.24, 2.45) is 0 Å². The Balaban J connectivity index is 3.49. The quantitative estimate of drug-likeness (QED) is 0.458. The largest absolute Gasteiger partial charge is 0.495 e. The van der Waals surface area contributed by atoms with Crippen molar-refractivity contribution in [3.63, 3.8) is 0 Å². The van der Waals surface area contributed by atoms with Gasteiger partial charge >= 0.3 is 0 Å². The molecule has 0 atom stereocenters. The lowest BCUT2D eigenvalue weighted by atomic mass is 10.2. The fraction of sp³-hybridized carbons (Fsp3) is 0.125.